The summed E-state index contributed by atoms with van der Waals surface area (Å²) in [6.07, 6.45) is 0.992. The van der Waals surface area contributed by atoms with Gasteiger partial charge in [-0.3, -0.25) is 4.99 Å². The maximum absolute atomic E-state index is 4.55. The molecule has 1 aromatic heterocycles. The van der Waals surface area contributed by atoms with Crippen molar-refractivity contribution in [3.8, 4) is 0 Å². The Labute approximate surface area is 159 Å². The van der Waals surface area contributed by atoms with E-state index < -0.39 is 0 Å². The Balaban J connectivity index is 0.00000264. The van der Waals surface area contributed by atoms with Gasteiger partial charge in [-0.25, -0.2) is 4.98 Å². The van der Waals surface area contributed by atoms with E-state index in [1.807, 2.05) is 6.07 Å². The van der Waals surface area contributed by atoms with Gasteiger partial charge in [0, 0.05) is 19.0 Å². The molecule has 2 N–H and O–H groups in total. The molecule has 1 aromatic carbocycles. The molecule has 0 spiro atoms. The molecule has 23 heavy (non-hydrogen) atoms. The number of aromatic nitrogens is 1. The van der Waals surface area contributed by atoms with Gasteiger partial charge in [0.2, 0.25) is 0 Å². The standard InChI is InChI=1S/C17H24N4S.HI/c1-4-16-21-15(12-22-16)11-20-17(18-3)19-10-13(2)14-8-6-5-7-9-14;/h5-9,12-13H,4,10-11H2,1-3H3,(H2,18,19,20);1H. The van der Waals surface area contributed by atoms with Gasteiger partial charge >= 0.3 is 0 Å². The first kappa shape index (κ1) is 19.9. The summed E-state index contributed by atoms with van der Waals surface area (Å²) >= 11 is 1.71. The molecule has 2 rings (SSSR count). The van der Waals surface area contributed by atoms with Gasteiger partial charge < -0.3 is 10.6 Å². The second-order valence-corrected chi connectivity index (χ2v) is 6.15. The Morgan fingerprint density at radius 2 is 2.00 bits per heavy atom. The van der Waals surface area contributed by atoms with Gasteiger partial charge in [-0.1, -0.05) is 44.2 Å². The zero-order chi connectivity index (χ0) is 15.8. The minimum absolute atomic E-state index is 0. The molecule has 0 bridgehead atoms. The summed E-state index contributed by atoms with van der Waals surface area (Å²) in [5.74, 6) is 1.25. The molecule has 0 aliphatic rings. The number of nitrogens with one attached hydrogen (secondary N) is 2. The van der Waals surface area contributed by atoms with Crippen molar-refractivity contribution in [2.45, 2.75) is 32.7 Å². The van der Waals surface area contributed by atoms with Gasteiger partial charge in [0.1, 0.15) is 0 Å². The van der Waals surface area contributed by atoms with Gasteiger partial charge in [-0.15, -0.1) is 35.3 Å². The number of rotatable bonds is 6. The third-order valence-electron chi connectivity index (χ3n) is 3.51. The third kappa shape index (κ3) is 6.47. The van der Waals surface area contributed by atoms with Crippen LogP contribution in [0.25, 0.3) is 0 Å². The van der Waals surface area contributed by atoms with Crippen LogP contribution in [0.4, 0.5) is 0 Å². The van der Waals surface area contributed by atoms with Crippen molar-refractivity contribution in [2.24, 2.45) is 4.99 Å². The van der Waals surface area contributed by atoms with Crippen LogP contribution in [0.1, 0.15) is 36.0 Å². The van der Waals surface area contributed by atoms with Gasteiger partial charge in [0.15, 0.2) is 5.96 Å². The molecule has 0 fully saturated rings. The summed E-state index contributed by atoms with van der Waals surface area (Å²) in [7, 11) is 1.79. The largest absolute Gasteiger partial charge is 0.356 e. The monoisotopic (exact) mass is 444 g/mol. The molecular formula is C17H25IN4S. The van der Waals surface area contributed by atoms with Crippen LogP contribution in [-0.4, -0.2) is 24.5 Å². The molecule has 4 nitrogen and oxygen atoms in total. The molecule has 1 unspecified atom stereocenters. The van der Waals surface area contributed by atoms with Gasteiger partial charge in [-0.05, 0) is 17.9 Å². The summed E-state index contributed by atoms with van der Waals surface area (Å²) in [6, 6.07) is 10.5. The fourth-order valence-electron chi connectivity index (χ4n) is 2.14. The number of aliphatic imine (C=N–C) groups is 1. The quantitative estimate of drug-likeness (QED) is 0.405. The van der Waals surface area contributed by atoms with E-state index in [0.717, 1.165) is 24.6 Å². The van der Waals surface area contributed by atoms with Crippen LogP contribution >= 0.6 is 35.3 Å². The van der Waals surface area contributed by atoms with E-state index in [0.29, 0.717) is 12.5 Å². The van der Waals surface area contributed by atoms with Crippen molar-refractivity contribution < 1.29 is 0 Å². The molecule has 0 amide bonds. The smallest absolute Gasteiger partial charge is 0.191 e. The van der Waals surface area contributed by atoms with E-state index in [-0.39, 0.29) is 24.0 Å². The molecule has 0 radical (unpaired) electrons. The minimum atomic E-state index is 0. The number of hydrogen-bond acceptors (Lipinski definition) is 3. The predicted octanol–water partition coefficient (Wildman–Crippen LogP) is 3.79. The van der Waals surface area contributed by atoms with E-state index >= 15 is 0 Å². The van der Waals surface area contributed by atoms with Crippen LogP contribution < -0.4 is 10.6 Å². The molecule has 0 saturated carbocycles. The minimum Gasteiger partial charge on any atom is -0.356 e. The Morgan fingerprint density at radius 3 is 2.61 bits per heavy atom. The number of thiazole rings is 1. The lowest BCUT2D eigenvalue weighted by molar-refractivity contribution is 0.697. The summed E-state index contributed by atoms with van der Waals surface area (Å²) in [5.41, 5.74) is 2.40. The average Bonchev–Trinajstić information content (AvgIpc) is 3.03. The van der Waals surface area contributed by atoms with E-state index in [1.54, 1.807) is 18.4 Å². The second-order valence-electron chi connectivity index (χ2n) is 5.20. The third-order valence-corrected chi connectivity index (χ3v) is 4.55. The van der Waals surface area contributed by atoms with E-state index in [1.165, 1.54) is 10.6 Å². The molecule has 126 valence electrons. The highest BCUT2D eigenvalue weighted by Crippen LogP contribution is 2.13. The number of halogens is 1. The van der Waals surface area contributed by atoms with Crippen LogP contribution in [0.5, 0.6) is 0 Å². The summed E-state index contributed by atoms with van der Waals surface area (Å²) in [6.45, 7) is 5.89. The fraction of sp³-hybridized carbons (Fsp3) is 0.412. The van der Waals surface area contributed by atoms with Crippen molar-refractivity contribution in [3.05, 3.63) is 52.0 Å². The van der Waals surface area contributed by atoms with Crippen molar-refractivity contribution >= 4 is 41.3 Å². The highest BCUT2D eigenvalue weighted by Gasteiger charge is 2.07. The van der Waals surface area contributed by atoms with E-state index in [4.69, 9.17) is 0 Å². The number of guanidine groups is 1. The molecule has 0 saturated heterocycles. The van der Waals surface area contributed by atoms with E-state index in [9.17, 15) is 0 Å². The molecule has 0 aliphatic carbocycles. The maximum atomic E-state index is 4.55. The zero-order valence-corrected chi connectivity index (χ0v) is 17.0. The Hall–Kier alpha value is -1.15. The molecule has 0 aliphatic heterocycles. The van der Waals surface area contributed by atoms with E-state index in [2.05, 4.69) is 64.1 Å². The first-order valence-corrected chi connectivity index (χ1v) is 8.53. The van der Waals surface area contributed by atoms with Crippen molar-refractivity contribution in [1.82, 2.24) is 15.6 Å². The SMILES string of the molecule is CCc1nc(CNC(=NC)NCC(C)c2ccccc2)cs1.I. The lowest BCUT2D eigenvalue weighted by atomic mass is 10.0. The van der Waals surface area contributed by atoms with Crippen molar-refractivity contribution in [2.75, 3.05) is 13.6 Å². The molecule has 6 heteroatoms. The van der Waals surface area contributed by atoms with Gasteiger partial charge in [0.05, 0.1) is 17.2 Å². The topological polar surface area (TPSA) is 49.3 Å². The summed E-state index contributed by atoms with van der Waals surface area (Å²) in [4.78, 5) is 8.82. The zero-order valence-electron chi connectivity index (χ0n) is 13.9. The van der Waals surface area contributed by atoms with Crippen LogP contribution in [0.15, 0.2) is 40.7 Å². The predicted molar refractivity (Wildman–Crippen MR) is 110 cm³/mol. The highest BCUT2D eigenvalue weighted by atomic mass is 127. The number of nitrogens with zero attached hydrogens (tertiary/aromatic N) is 2. The first-order valence-electron chi connectivity index (χ1n) is 7.65. The molecule has 1 atom stereocenters. The normalized spacial score (nSPS) is 12.4. The number of benzene rings is 1. The van der Waals surface area contributed by atoms with Crippen molar-refractivity contribution in [3.63, 3.8) is 0 Å². The lowest BCUT2D eigenvalue weighted by Crippen LogP contribution is -2.38. The van der Waals surface area contributed by atoms with Crippen LogP contribution in [-0.2, 0) is 13.0 Å². The van der Waals surface area contributed by atoms with Crippen LogP contribution in [0, 0.1) is 0 Å². The molecule has 2 aromatic rings. The molecule has 1 heterocycles. The number of aryl methyl sites for hydroxylation is 1. The first-order chi connectivity index (χ1) is 10.7. The Morgan fingerprint density at radius 1 is 1.26 bits per heavy atom. The summed E-state index contributed by atoms with van der Waals surface area (Å²) < 4.78 is 0. The molecular weight excluding hydrogens is 419 g/mol. The van der Waals surface area contributed by atoms with Crippen molar-refractivity contribution in [1.29, 1.82) is 0 Å². The summed E-state index contributed by atoms with van der Waals surface area (Å²) in [5, 5.41) is 9.97. The second kappa shape index (κ2) is 10.6. The fourth-order valence-corrected chi connectivity index (χ4v) is 2.88. The lowest BCUT2D eigenvalue weighted by Gasteiger charge is -2.16. The van der Waals surface area contributed by atoms with Gasteiger partial charge in [0.25, 0.3) is 0 Å². The highest BCUT2D eigenvalue weighted by molar-refractivity contribution is 14.0. The Kier molecular flexibility index (Phi) is 9.16. The Bertz CT molecular complexity index is 598. The van der Waals surface area contributed by atoms with Gasteiger partial charge in [-0.2, -0.15) is 0 Å². The number of hydrogen-bond donors (Lipinski definition) is 2. The average molecular weight is 444 g/mol. The maximum Gasteiger partial charge on any atom is 0.191 e. The van der Waals surface area contributed by atoms with Crippen LogP contribution in [0.2, 0.25) is 0 Å². The van der Waals surface area contributed by atoms with Crippen LogP contribution in [0.3, 0.4) is 0 Å².